The lowest BCUT2D eigenvalue weighted by Gasteiger charge is -2.40. The number of hydrogen-bond donors (Lipinski definition) is 3. The minimum absolute atomic E-state index is 0.157. The molecule has 0 radical (unpaired) electrons. The number of carbonyl (C=O) groups excluding carboxylic acids is 1. The topological polar surface area (TPSA) is 78.4 Å². The monoisotopic (exact) mass is 366 g/mol. The number of amides is 1. The molecule has 2 aromatic rings. The van der Waals surface area contributed by atoms with Gasteiger partial charge in [-0.25, -0.2) is 9.39 Å². The maximum absolute atomic E-state index is 12.5. The lowest BCUT2D eigenvalue weighted by molar-refractivity contribution is -0.974. The number of quaternary nitrogens is 1. The molecule has 140 valence electrons. The van der Waals surface area contributed by atoms with Crippen molar-refractivity contribution in [1.29, 1.82) is 0 Å². The van der Waals surface area contributed by atoms with Crippen molar-refractivity contribution in [1.82, 2.24) is 10.7 Å². The van der Waals surface area contributed by atoms with Crippen molar-refractivity contribution in [2.45, 2.75) is 6.54 Å². The molecule has 0 aliphatic carbocycles. The average molecular weight is 366 g/mol. The number of nitrogens with zero attached hydrogens (tertiary/aromatic N) is 1. The Morgan fingerprint density at radius 3 is 2.33 bits per heavy atom. The summed E-state index contributed by atoms with van der Waals surface area (Å²) >= 11 is 0. The Labute approximate surface area is 158 Å². The summed E-state index contributed by atoms with van der Waals surface area (Å²) in [5.74, 6) is -1.12. The van der Waals surface area contributed by atoms with Crippen LogP contribution in [0.4, 0.5) is 0 Å². The van der Waals surface area contributed by atoms with Crippen LogP contribution in [0.15, 0.2) is 60.7 Å². The van der Waals surface area contributed by atoms with Gasteiger partial charge in [0.1, 0.15) is 19.6 Å². The van der Waals surface area contributed by atoms with Crippen LogP contribution in [0.2, 0.25) is 0 Å². The van der Waals surface area contributed by atoms with E-state index in [1.54, 1.807) is 18.2 Å². The number of hydrogen-bond acceptors (Lipinski definition) is 3. The highest BCUT2D eigenvalue weighted by molar-refractivity contribution is 5.91. The van der Waals surface area contributed by atoms with Crippen molar-refractivity contribution in [3.63, 3.8) is 0 Å². The van der Waals surface area contributed by atoms with Crippen molar-refractivity contribution in [3.05, 3.63) is 77.4 Å². The predicted octanol–water partition coefficient (Wildman–Crippen LogP) is 2.05. The van der Waals surface area contributed by atoms with Crippen molar-refractivity contribution < 1.29 is 19.3 Å². The third kappa shape index (κ3) is 5.26. The quantitative estimate of drug-likeness (QED) is 0.540. The van der Waals surface area contributed by atoms with Gasteiger partial charge in [-0.15, -0.1) is 0 Å². The molecule has 1 saturated heterocycles. The highest BCUT2D eigenvalue weighted by atomic mass is 16.4. The molecular formula is C21H24N3O3+. The predicted molar refractivity (Wildman–Crippen MR) is 104 cm³/mol. The standard InChI is InChI=1S/C21H23N3O3/c25-20(11-8-17-6-9-19(10-7-17)21(26)27)23-24(14-12-22-13-15-24)16-18-4-2-1-3-5-18/h1-11,22H,12-16H2,(H-,23,25,26,27)/p+1. The van der Waals surface area contributed by atoms with E-state index < -0.39 is 5.97 Å². The molecule has 3 N–H and O–H groups in total. The first kappa shape index (κ1) is 18.8. The van der Waals surface area contributed by atoms with Crippen molar-refractivity contribution >= 4 is 18.0 Å². The van der Waals surface area contributed by atoms with Crippen LogP contribution in [0.5, 0.6) is 0 Å². The third-order valence-electron chi connectivity index (χ3n) is 4.69. The first-order chi connectivity index (χ1) is 13.1. The number of piperazine rings is 1. The molecular weight excluding hydrogens is 342 g/mol. The smallest absolute Gasteiger partial charge is 0.335 e. The van der Waals surface area contributed by atoms with Crippen molar-refractivity contribution in [3.8, 4) is 0 Å². The van der Waals surface area contributed by atoms with E-state index in [4.69, 9.17) is 5.11 Å². The Hall–Kier alpha value is -2.96. The molecule has 0 atom stereocenters. The summed E-state index contributed by atoms with van der Waals surface area (Å²) in [6.07, 6.45) is 3.20. The normalized spacial score (nSPS) is 16.1. The zero-order valence-corrected chi connectivity index (χ0v) is 15.1. The fourth-order valence-electron chi connectivity index (χ4n) is 3.25. The molecule has 0 bridgehead atoms. The summed E-state index contributed by atoms with van der Waals surface area (Å²) < 4.78 is 0.512. The second kappa shape index (κ2) is 8.62. The molecule has 6 nitrogen and oxygen atoms in total. The molecule has 1 amide bonds. The van der Waals surface area contributed by atoms with Gasteiger partial charge in [0.05, 0.1) is 5.56 Å². The number of benzene rings is 2. The number of rotatable bonds is 6. The van der Waals surface area contributed by atoms with E-state index in [1.807, 2.05) is 18.2 Å². The van der Waals surface area contributed by atoms with Gasteiger partial charge < -0.3 is 10.4 Å². The van der Waals surface area contributed by atoms with Gasteiger partial charge in [-0.2, -0.15) is 5.43 Å². The minimum Gasteiger partial charge on any atom is -0.478 e. The number of carboxylic acid groups (broad SMARTS) is 1. The first-order valence-electron chi connectivity index (χ1n) is 9.01. The van der Waals surface area contributed by atoms with E-state index in [9.17, 15) is 9.59 Å². The summed E-state index contributed by atoms with van der Waals surface area (Å²) in [4.78, 5) is 23.4. The van der Waals surface area contributed by atoms with Gasteiger partial charge in [-0.1, -0.05) is 42.5 Å². The zero-order chi connectivity index (χ0) is 19.1. The number of nitrogens with one attached hydrogen (secondary N) is 2. The molecule has 6 heteroatoms. The zero-order valence-electron chi connectivity index (χ0n) is 15.1. The van der Waals surface area contributed by atoms with E-state index in [1.165, 1.54) is 23.8 Å². The summed E-state index contributed by atoms with van der Waals surface area (Å²) in [6.45, 7) is 4.10. The van der Waals surface area contributed by atoms with Gasteiger partial charge >= 0.3 is 5.97 Å². The van der Waals surface area contributed by atoms with Crippen LogP contribution >= 0.6 is 0 Å². The molecule has 27 heavy (non-hydrogen) atoms. The van der Waals surface area contributed by atoms with Gasteiger partial charge in [0.25, 0.3) is 5.91 Å². The fraction of sp³-hybridized carbons (Fsp3) is 0.238. The molecule has 0 aromatic heterocycles. The Kier molecular flexibility index (Phi) is 6.01. The van der Waals surface area contributed by atoms with Crippen LogP contribution < -0.4 is 10.7 Å². The van der Waals surface area contributed by atoms with E-state index in [2.05, 4.69) is 22.9 Å². The summed E-state index contributed by atoms with van der Waals surface area (Å²) in [5, 5.41) is 12.3. The SMILES string of the molecule is O=C(C=Cc1ccc(C(=O)O)cc1)N[N+]1(Cc2ccccc2)CCNCC1. The van der Waals surface area contributed by atoms with Gasteiger partial charge in [0.2, 0.25) is 0 Å². The maximum Gasteiger partial charge on any atom is 0.335 e. The average Bonchev–Trinajstić information content (AvgIpc) is 2.68. The lowest BCUT2D eigenvalue weighted by atomic mass is 10.1. The molecule has 1 heterocycles. The Balaban J connectivity index is 1.67. The summed E-state index contributed by atoms with van der Waals surface area (Å²) in [6, 6.07) is 16.6. The molecule has 0 saturated carbocycles. The number of aromatic carboxylic acids is 1. The van der Waals surface area contributed by atoms with Gasteiger partial charge in [-0.3, -0.25) is 4.79 Å². The second-order valence-electron chi connectivity index (χ2n) is 6.72. The van der Waals surface area contributed by atoms with Crippen LogP contribution in [0, 0.1) is 0 Å². The van der Waals surface area contributed by atoms with Gasteiger partial charge in [-0.05, 0) is 23.8 Å². The molecule has 1 fully saturated rings. The molecule has 0 unspecified atom stereocenters. The summed E-state index contributed by atoms with van der Waals surface area (Å²) in [7, 11) is 0. The van der Waals surface area contributed by atoms with E-state index in [0.29, 0.717) is 4.59 Å². The van der Waals surface area contributed by atoms with Crippen LogP contribution in [0.1, 0.15) is 21.5 Å². The Morgan fingerprint density at radius 2 is 1.70 bits per heavy atom. The number of carboxylic acids is 1. The maximum atomic E-state index is 12.5. The Morgan fingerprint density at radius 1 is 1.04 bits per heavy atom. The molecule has 1 aliphatic heterocycles. The highest BCUT2D eigenvalue weighted by Crippen LogP contribution is 2.13. The van der Waals surface area contributed by atoms with Crippen LogP contribution in [0.3, 0.4) is 0 Å². The van der Waals surface area contributed by atoms with E-state index in [0.717, 1.165) is 38.3 Å². The third-order valence-corrected chi connectivity index (χ3v) is 4.69. The minimum atomic E-state index is -0.964. The first-order valence-corrected chi connectivity index (χ1v) is 9.01. The molecule has 1 aliphatic rings. The molecule has 0 spiro atoms. The Bertz CT molecular complexity index is 810. The van der Waals surface area contributed by atoms with Gasteiger partial charge in [0, 0.05) is 24.7 Å². The van der Waals surface area contributed by atoms with E-state index >= 15 is 0 Å². The lowest BCUT2D eigenvalue weighted by Crippen LogP contribution is -2.66. The van der Waals surface area contributed by atoms with Crippen LogP contribution in [-0.2, 0) is 11.3 Å². The highest BCUT2D eigenvalue weighted by Gasteiger charge is 2.32. The fourth-order valence-corrected chi connectivity index (χ4v) is 3.25. The molecule has 2 aromatic carbocycles. The molecule has 3 rings (SSSR count). The van der Waals surface area contributed by atoms with Crippen molar-refractivity contribution in [2.24, 2.45) is 0 Å². The summed E-state index contributed by atoms with van der Waals surface area (Å²) in [5.41, 5.74) is 5.36. The van der Waals surface area contributed by atoms with Gasteiger partial charge in [0.15, 0.2) is 0 Å². The number of carbonyl (C=O) groups is 2. The van der Waals surface area contributed by atoms with E-state index in [-0.39, 0.29) is 11.5 Å². The largest absolute Gasteiger partial charge is 0.478 e. The van der Waals surface area contributed by atoms with Crippen LogP contribution in [0.25, 0.3) is 6.08 Å². The van der Waals surface area contributed by atoms with Crippen molar-refractivity contribution in [2.75, 3.05) is 26.2 Å². The van der Waals surface area contributed by atoms with Crippen LogP contribution in [-0.4, -0.2) is 47.8 Å². The second-order valence-corrected chi connectivity index (χ2v) is 6.72.